The van der Waals surface area contributed by atoms with Crippen molar-refractivity contribution in [2.75, 3.05) is 6.61 Å². The van der Waals surface area contributed by atoms with Crippen LogP contribution in [0.5, 0.6) is 0 Å². The van der Waals surface area contributed by atoms with Gasteiger partial charge in [-0.1, -0.05) is 32.4 Å². The number of Topliss-reactive ketones (excluding diaryl/α,β-unsaturated/α-hetero) is 2. The Morgan fingerprint density at radius 3 is 2.61 bits per heavy atom. The average molecular weight is 436 g/mol. The smallest absolute Gasteiger partial charge is 0.303 e. The molecule has 0 spiro atoms. The van der Waals surface area contributed by atoms with Crippen LogP contribution in [0.15, 0.2) is 23.0 Å². The van der Waals surface area contributed by atoms with E-state index in [1.807, 2.05) is 19.9 Å². The van der Waals surface area contributed by atoms with E-state index in [9.17, 15) is 23.9 Å². The number of ketones is 2. The molecular weight excluding hydrogens is 406 g/mol. The number of esters is 1. The second kappa shape index (κ2) is 7.06. The van der Waals surface area contributed by atoms with E-state index in [-0.39, 0.29) is 30.3 Å². The molecule has 0 bridgehead atoms. The topological polar surface area (TPSA) is 80.7 Å². The Bertz CT molecular complexity index is 923. The molecule has 31 heavy (non-hydrogen) atoms. The van der Waals surface area contributed by atoms with Gasteiger partial charge in [-0.2, -0.15) is 0 Å². The number of carbonyl (C=O) groups excluding carboxylic acids is 3. The minimum absolute atomic E-state index is 0.0258. The fourth-order valence-corrected chi connectivity index (χ4v) is 7.18. The van der Waals surface area contributed by atoms with Crippen LogP contribution in [0.1, 0.15) is 59.8 Å². The highest BCUT2D eigenvalue weighted by atomic mass is 19.1. The lowest BCUT2D eigenvalue weighted by Crippen LogP contribution is -2.58. The number of allylic oxidation sites excluding steroid dienone is 4. The Balaban J connectivity index is 1.76. The summed E-state index contributed by atoms with van der Waals surface area (Å²) in [7, 11) is 0. The second-order valence-electron chi connectivity index (χ2n) is 10.3. The maximum atomic E-state index is 15.3. The van der Waals surface area contributed by atoms with Gasteiger partial charge in [0.25, 0.3) is 0 Å². The summed E-state index contributed by atoms with van der Waals surface area (Å²) in [6, 6.07) is 0. The molecule has 170 valence electrons. The first-order valence-corrected chi connectivity index (χ1v) is 11.0. The Morgan fingerprint density at radius 1 is 1.29 bits per heavy atom. The first-order valence-electron chi connectivity index (χ1n) is 11.0. The maximum absolute atomic E-state index is 15.3. The fourth-order valence-electron chi connectivity index (χ4n) is 7.18. The molecule has 5 nitrogen and oxygen atoms in total. The molecule has 4 rings (SSSR count). The lowest BCUT2D eigenvalue weighted by atomic mass is 9.50. The highest BCUT2D eigenvalue weighted by Gasteiger charge is 2.68. The quantitative estimate of drug-likeness (QED) is 0.538. The van der Waals surface area contributed by atoms with E-state index in [4.69, 9.17) is 4.74 Å². The third kappa shape index (κ3) is 2.84. The van der Waals surface area contributed by atoms with Gasteiger partial charge in [0.05, 0.1) is 0 Å². The summed E-state index contributed by atoms with van der Waals surface area (Å²) < 4.78 is 34.9. The van der Waals surface area contributed by atoms with Gasteiger partial charge in [0.1, 0.15) is 11.8 Å². The summed E-state index contributed by atoms with van der Waals surface area (Å²) in [5.41, 5.74) is -2.50. The molecule has 0 saturated heterocycles. The number of ether oxygens (including phenoxy) is 1. The Labute approximate surface area is 180 Å². The first-order chi connectivity index (χ1) is 14.4. The SMILES string of the molecule is CC(=O)OCC(=O)[C@@]1(O)[C@H](C)C[C@H]2[C@@H]3C[C@H](F)C4=C(F)C(=O)CC[C@]4(C)C3=CC[C@@]21C. The maximum Gasteiger partial charge on any atom is 0.303 e. The van der Waals surface area contributed by atoms with Crippen LogP contribution in [0.25, 0.3) is 0 Å². The van der Waals surface area contributed by atoms with E-state index >= 15 is 4.39 Å². The normalized spacial score (nSPS) is 44.2. The van der Waals surface area contributed by atoms with Gasteiger partial charge < -0.3 is 9.84 Å². The summed E-state index contributed by atoms with van der Waals surface area (Å²) in [5, 5.41) is 11.6. The standard InChI is InChI=1S/C24H30F2O5/c1-12-9-16-14-10-17(25)20-21(26)18(28)6-7-22(20,3)15(14)5-8-23(16,4)24(12,30)19(29)11-31-13(2)27/h5,12,14,16-17,30H,6-11H2,1-4H3/t12-,14-,16+,17+,22-,23+,24+/m1/s1. The average Bonchev–Trinajstić information content (AvgIpc) is 2.91. The zero-order valence-corrected chi connectivity index (χ0v) is 18.5. The van der Waals surface area contributed by atoms with Gasteiger partial charge in [-0.3, -0.25) is 14.4 Å². The molecule has 2 fully saturated rings. The lowest BCUT2D eigenvalue weighted by Gasteiger charge is -2.55. The molecule has 4 aliphatic rings. The molecule has 7 atom stereocenters. The van der Waals surface area contributed by atoms with E-state index < -0.39 is 58.5 Å². The van der Waals surface area contributed by atoms with Crippen LogP contribution in [0.4, 0.5) is 8.78 Å². The minimum Gasteiger partial charge on any atom is -0.458 e. The van der Waals surface area contributed by atoms with E-state index in [0.717, 1.165) is 5.57 Å². The van der Waals surface area contributed by atoms with Crippen molar-refractivity contribution in [3.63, 3.8) is 0 Å². The third-order valence-corrected chi connectivity index (χ3v) is 8.81. The van der Waals surface area contributed by atoms with Crippen molar-refractivity contribution >= 4 is 17.5 Å². The second-order valence-corrected chi connectivity index (χ2v) is 10.3. The number of hydrogen-bond acceptors (Lipinski definition) is 5. The van der Waals surface area contributed by atoms with Crippen molar-refractivity contribution in [2.45, 2.75) is 71.6 Å². The van der Waals surface area contributed by atoms with E-state index in [0.29, 0.717) is 19.3 Å². The molecular formula is C24H30F2O5. The molecule has 0 amide bonds. The summed E-state index contributed by atoms with van der Waals surface area (Å²) in [6.07, 6.45) is 1.73. The molecule has 0 aliphatic heterocycles. The predicted octanol–water partition coefficient (Wildman–Crippen LogP) is 3.79. The fraction of sp³-hybridized carbons (Fsp3) is 0.708. The van der Waals surface area contributed by atoms with Gasteiger partial charge in [-0.05, 0) is 43.4 Å². The summed E-state index contributed by atoms with van der Waals surface area (Å²) in [4.78, 5) is 36.1. The number of rotatable bonds is 3. The van der Waals surface area contributed by atoms with Gasteiger partial charge in [0.2, 0.25) is 5.78 Å². The Hall–Kier alpha value is -1.89. The number of carbonyl (C=O) groups is 3. The van der Waals surface area contributed by atoms with Crippen LogP contribution in [0.3, 0.4) is 0 Å². The van der Waals surface area contributed by atoms with Crippen LogP contribution in [0, 0.1) is 28.6 Å². The van der Waals surface area contributed by atoms with Crippen molar-refractivity contribution in [2.24, 2.45) is 28.6 Å². The van der Waals surface area contributed by atoms with Gasteiger partial charge >= 0.3 is 5.97 Å². The van der Waals surface area contributed by atoms with Crippen molar-refractivity contribution in [3.05, 3.63) is 23.0 Å². The first kappa shape index (κ1) is 22.3. The molecule has 0 unspecified atom stereocenters. The van der Waals surface area contributed by atoms with Crippen molar-refractivity contribution in [1.82, 2.24) is 0 Å². The number of aliphatic hydroxyl groups is 1. The molecule has 0 aromatic carbocycles. The van der Waals surface area contributed by atoms with Crippen LogP contribution in [-0.2, 0) is 19.1 Å². The van der Waals surface area contributed by atoms with E-state index in [2.05, 4.69) is 0 Å². The molecule has 0 heterocycles. The van der Waals surface area contributed by atoms with Gasteiger partial charge in [0, 0.05) is 29.7 Å². The minimum atomic E-state index is -1.70. The number of alkyl halides is 1. The van der Waals surface area contributed by atoms with Crippen LogP contribution >= 0.6 is 0 Å². The lowest BCUT2D eigenvalue weighted by molar-refractivity contribution is -0.167. The molecule has 0 radical (unpaired) electrons. The number of fused-ring (bicyclic) bond motifs is 5. The van der Waals surface area contributed by atoms with Gasteiger partial charge in [-0.25, -0.2) is 8.78 Å². The molecule has 0 aromatic heterocycles. The van der Waals surface area contributed by atoms with Crippen molar-refractivity contribution in [1.29, 1.82) is 0 Å². The van der Waals surface area contributed by atoms with Crippen LogP contribution in [0.2, 0.25) is 0 Å². The molecule has 0 aromatic rings. The van der Waals surface area contributed by atoms with Crippen molar-refractivity contribution in [3.8, 4) is 0 Å². The Kier molecular flexibility index (Phi) is 5.08. The summed E-state index contributed by atoms with van der Waals surface area (Å²) in [5.74, 6) is -3.51. The number of halogens is 2. The molecule has 4 aliphatic carbocycles. The largest absolute Gasteiger partial charge is 0.458 e. The van der Waals surface area contributed by atoms with Crippen molar-refractivity contribution < 1.29 is 33.0 Å². The Morgan fingerprint density at radius 2 is 1.97 bits per heavy atom. The molecule has 7 heteroatoms. The summed E-state index contributed by atoms with van der Waals surface area (Å²) >= 11 is 0. The van der Waals surface area contributed by atoms with Gasteiger partial charge in [-0.15, -0.1) is 0 Å². The van der Waals surface area contributed by atoms with E-state index in [1.165, 1.54) is 6.92 Å². The zero-order valence-electron chi connectivity index (χ0n) is 18.5. The van der Waals surface area contributed by atoms with Crippen LogP contribution < -0.4 is 0 Å². The predicted molar refractivity (Wildman–Crippen MR) is 108 cm³/mol. The molecule has 2 saturated carbocycles. The number of hydrogen-bond donors (Lipinski definition) is 1. The van der Waals surface area contributed by atoms with E-state index in [1.54, 1.807) is 6.92 Å². The monoisotopic (exact) mass is 436 g/mol. The highest BCUT2D eigenvalue weighted by Crippen LogP contribution is 2.67. The van der Waals surface area contributed by atoms with Crippen LogP contribution in [-0.4, -0.2) is 41.0 Å². The van der Waals surface area contributed by atoms with Gasteiger partial charge in [0.15, 0.2) is 18.2 Å². The third-order valence-electron chi connectivity index (χ3n) is 8.81. The summed E-state index contributed by atoms with van der Waals surface area (Å²) in [6.45, 7) is 6.18. The molecule has 1 N–H and O–H groups in total. The zero-order chi connectivity index (χ0) is 22.9. The highest BCUT2D eigenvalue weighted by molar-refractivity contribution is 5.96.